The first kappa shape index (κ1) is 68.4. The zero-order valence-electron chi connectivity index (χ0n) is 48.8. The fourth-order valence-electron chi connectivity index (χ4n) is 8.55. The number of hydrogen-bond acceptors (Lipinski definition) is 15. The number of carboxylic acids is 1. The summed E-state index contributed by atoms with van der Waals surface area (Å²) in [6, 6.07) is 14.1. The number of aromatic amines is 1. The Bertz CT molecular complexity index is 2940. The van der Waals surface area contributed by atoms with Gasteiger partial charge in [-0.05, 0) is 115 Å². The number of amides is 9. The summed E-state index contributed by atoms with van der Waals surface area (Å²) in [5, 5.41) is 40.2. The lowest BCUT2D eigenvalue weighted by molar-refractivity contribution is -0.156. The Balaban J connectivity index is 1.35. The van der Waals surface area contributed by atoms with E-state index in [1.807, 2.05) is 24.3 Å². The molecule has 462 valence electrons. The largest absolute Gasteiger partial charge is 0.508 e. The minimum absolute atomic E-state index is 0.00512. The second kappa shape index (κ2) is 33.3. The number of para-hydroxylation sites is 1. The lowest BCUT2D eigenvalue weighted by atomic mass is 10.0. The molecular weight excluding hydrogens is 1100 g/mol. The molecule has 4 rings (SSSR count). The maximum Gasteiger partial charge on any atom is 0.408 e. The van der Waals surface area contributed by atoms with E-state index in [-0.39, 0.29) is 83.0 Å². The van der Waals surface area contributed by atoms with Gasteiger partial charge in [0.1, 0.15) is 53.7 Å². The van der Waals surface area contributed by atoms with Crippen molar-refractivity contribution in [3.8, 4) is 5.75 Å². The van der Waals surface area contributed by atoms with Crippen LogP contribution in [0.4, 0.5) is 4.79 Å². The first-order chi connectivity index (χ1) is 40.0. The van der Waals surface area contributed by atoms with Crippen molar-refractivity contribution >= 4 is 76.2 Å². The van der Waals surface area contributed by atoms with Gasteiger partial charge in [-0.25, -0.2) is 4.79 Å². The van der Waals surface area contributed by atoms with Gasteiger partial charge >= 0.3 is 18.0 Å². The standard InChI is InChI=1S/C59H81N11O15/c1-58(2,3)84-50(76)32-46(56(82)68-44(51(61)77)29-35-15-8-7-9-16-35)69-54(80)43(66-52(78)40(60)31-37-33-64-41-18-11-10-17-39(37)41)19-12-13-27-62-47(72)25-26-48(73)63-28-14-20-42(53(79)65-34-49(74)75)67-55(81)45(70-57(83)85-59(4,5)6)30-36-21-23-38(71)24-22-36/h7-11,15-18,21-24,33,40,42-46,64,71H,12-14,19-20,25-32,34,60H2,1-6H3,(H2,61,77)(H,62,72)(H,63,73)(H,65,79)(H,66,78)(H,67,81)(H,68,82)(H,69,80)(H,70,83)(H,74,75)/t40-,42-,43-,44-,45-,46-/m0/s1. The smallest absolute Gasteiger partial charge is 0.408 e. The predicted octanol–water partition coefficient (Wildman–Crippen LogP) is 1.44. The van der Waals surface area contributed by atoms with Crippen LogP contribution in [0.15, 0.2) is 85.1 Å². The Labute approximate surface area is 492 Å². The summed E-state index contributed by atoms with van der Waals surface area (Å²) in [6.45, 7) is 9.06. The normalized spacial score (nSPS) is 13.4. The Kier molecular flexibility index (Phi) is 26.8. The molecule has 26 nitrogen and oxygen atoms in total. The molecule has 0 bridgehead atoms. The molecule has 0 aliphatic heterocycles. The zero-order chi connectivity index (χ0) is 62.9. The number of alkyl carbamates (subject to hydrolysis) is 1. The molecule has 26 heteroatoms. The third kappa shape index (κ3) is 25.9. The average molecular weight is 1180 g/mol. The number of aromatic nitrogens is 1. The molecule has 4 aromatic rings. The van der Waals surface area contributed by atoms with Crippen molar-refractivity contribution in [1.29, 1.82) is 0 Å². The number of unbranched alkanes of at least 4 members (excludes halogenated alkanes) is 1. The summed E-state index contributed by atoms with van der Waals surface area (Å²) in [4.78, 5) is 147. The number of ether oxygens (including phenoxy) is 2. The zero-order valence-corrected chi connectivity index (χ0v) is 48.8. The fraction of sp³-hybridized carbons (Fsp3) is 0.475. The van der Waals surface area contributed by atoms with Gasteiger partial charge in [-0.2, -0.15) is 0 Å². The van der Waals surface area contributed by atoms with Crippen molar-refractivity contribution in [2.45, 2.75) is 160 Å². The third-order valence-electron chi connectivity index (χ3n) is 12.7. The summed E-state index contributed by atoms with van der Waals surface area (Å²) in [6.07, 6.45) is 0.161. The molecule has 1 aromatic heterocycles. The predicted molar refractivity (Wildman–Crippen MR) is 311 cm³/mol. The molecule has 0 unspecified atom stereocenters. The van der Waals surface area contributed by atoms with Crippen LogP contribution in [0.25, 0.3) is 10.9 Å². The van der Waals surface area contributed by atoms with E-state index in [9.17, 15) is 63.0 Å². The van der Waals surface area contributed by atoms with Gasteiger partial charge in [0.05, 0.1) is 12.5 Å². The van der Waals surface area contributed by atoms with E-state index in [2.05, 4.69) is 47.5 Å². The van der Waals surface area contributed by atoms with Gasteiger partial charge in [-0.3, -0.25) is 47.9 Å². The van der Waals surface area contributed by atoms with Gasteiger partial charge in [0.2, 0.25) is 47.3 Å². The number of phenols is 1. The fourth-order valence-corrected chi connectivity index (χ4v) is 8.55. The number of carbonyl (C=O) groups excluding carboxylic acids is 10. The number of nitrogens with one attached hydrogen (secondary N) is 9. The van der Waals surface area contributed by atoms with Gasteiger partial charge < -0.3 is 78.7 Å². The number of hydrogen-bond donors (Lipinski definition) is 13. The number of carbonyl (C=O) groups is 11. The topological polar surface area (TPSA) is 411 Å². The summed E-state index contributed by atoms with van der Waals surface area (Å²) >= 11 is 0. The van der Waals surface area contributed by atoms with Gasteiger partial charge in [0.25, 0.3) is 0 Å². The maximum atomic E-state index is 14.2. The van der Waals surface area contributed by atoms with Crippen LogP contribution in [-0.2, 0) is 76.7 Å². The van der Waals surface area contributed by atoms with Crippen LogP contribution in [0.5, 0.6) is 5.75 Å². The van der Waals surface area contributed by atoms with Gasteiger partial charge in [0, 0.05) is 55.9 Å². The molecule has 0 fully saturated rings. The first-order valence-electron chi connectivity index (χ1n) is 27.9. The van der Waals surface area contributed by atoms with Gasteiger partial charge in [-0.15, -0.1) is 0 Å². The van der Waals surface area contributed by atoms with Crippen molar-refractivity contribution in [2.75, 3.05) is 19.6 Å². The summed E-state index contributed by atoms with van der Waals surface area (Å²) in [5.74, 6) is -8.24. The second-order valence-electron chi connectivity index (χ2n) is 22.3. The number of aliphatic carboxylic acids is 1. The average Bonchev–Trinajstić information content (AvgIpc) is 4.13. The molecule has 0 aliphatic rings. The number of benzene rings is 3. The molecule has 0 saturated heterocycles. The highest BCUT2D eigenvalue weighted by Crippen LogP contribution is 2.20. The van der Waals surface area contributed by atoms with Crippen molar-refractivity contribution < 1.29 is 72.4 Å². The lowest BCUT2D eigenvalue weighted by Gasteiger charge is -2.26. The Morgan fingerprint density at radius 2 is 1.07 bits per heavy atom. The van der Waals surface area contributed by atoms with Crippen LogP contribution in [0.2, 0.25) is 0 Å². The van der Waals surface area contributed by atoms with Crippen LogP contribution >= 0.6 is 0 Å². The molecule has 0 spiro atoms. The monoisotopic (exact) mass is 1180 g/mol. The van der Waals surface area contributed by atoms with Crippen molar-refractivity contribution in [3.63, 3.8) is 0 Å². The van der Waals surface area contributed by atoms with Crippen molar-refractivity contribution in [1.82, 2.24) is 47.5 Å². The van der Waals surface area contributed by atoms with Crippen LogP contribution in [0, 0.1) is 0 Å². The van der Waals surface area contributed by atoms with Gasteiger partial charge in [-0.1, -0.05) is 60.7 Å². The summed E-state index contributed by atoms with van der Waals surface area (Å²) in [5.41, 5.74) is 13.0. The number of fused-ring (bicyclic) bond motifs is 1. The van der Waals surface area contributed by atoms with E-state index in [0.717, 1.165) is 16.5 Å². The third-order valence-corrected chi connectivity index (χ3v) is 12.7. The van der Waals surface area contributed by atoms with E-state index in [1.165, 1.54) is 24.3 Å². The van der Waals surface area contributed by atoms with E-state index < -0.39 is 126 Å². The highest BCUT2D eigenvalue weighted by atomic mass is 16.6. The number of esters is 1. The molecule has 85 heavy (non-hydrogen) atoms. The summed E-state index contributed by atoms with van der Waals surface area (Å²) in [7, 11) is 0. The number of nitrogens with two attached hydrogens (primary N) is 2. The van der Waals surface area contributed by atoms with E-state index in [1.54, 1.807) is 78.1 Å². The minimum atomic E-state index is -1.60. The highest BCUT2D eigenvalue weighted by Gasteiger charge is 2.34. The second-order valence-corrected chi connectivity index (χ2v) is 22.3. The number of aromatic hydroxyl groups is 1. The van der Waals surface area contributed by atoms with Crippen LogP contribution in [-0.4, -0.2) is 148 Å². The Hall–Kier alpha value is -9.07. The molecule has 0 aliphatic carbocycles. The molecule has 0 saturated carbocycles. The molecule has 15 N–H and O–H groups in total. The number of phenolic OH excluding ortho intramolecular Hbond substituents is 1. The van der Waals surface area contributed by atoms with Crippen molar-refractivity contribution in [3.05, 3.63) is 102 Å². The van der Waals surface area contributed by atoms with Crippen molar-refractivity contribution in [2.24, 2.45) is 11.5 Å². The quantitative estimate of drug-likeness (QED) is 0.0237. The molecule has 0 radical (unpaired) electrons. The van der Waals surface area contributed by atoms with Crippen LogP contribution < -0.4 is 54.0 Å². The van der Waals surface area contributed by atoms with Crippen LogP contribution in [0.1, 0.15) is 110 Å². The number of H-pyrrole nitrogens is 1. The number of carboxylic acid groups (broad SMARTS) is 1. The Morgan fingerprint density at radius 3 is 1.69 bits per heavy atom. The van der Waals surface area contributed by atoms with E-state index in [4.69, 9.17) is 20.9 Å². The minimum Gasteiger partial charge on any atom is -0.508 e. The van der Waals surface area contributed by atoms with Gasteiger partial charge in [0.15, 0.2) is 0 Å². The molecular formula is C59H81N11O15. The summed E-state index contributed by atoms with van der Waals surface area (Å²) < 4.78 is 10.8. The molecule has 6 atom stereocenters. The van der Waals surface area contributed by atoms with E-state index >= 15 is 0 Å². The number of rotatable bonds is 33. The van der Waals surface area contributed by atoms with E-state index in [0.29, 0.717) is 11.1 Å². The SMILES string of the molecule is CC(C)(C)OC(=O)C[C@H](NC(=O)[C@H](CCCCNC(=O)CCC(=O)NCCC[C@H](NC(=O)[C@H](Cc1ccc(O)cc1)NC(=O)OC(C)(C)C)C(=O)NCC(=O)O)NC(=O)[C@@H](N)Cc1c[nH]c2ccccc12)C(=O)N[C@@H](Cc1ccccc1)C(N)=O. The highest BCUT2D eigenvalue weighted by molar-refractivity contribution is 5.97. The number of primary amides is 1. The maximum absolute atomic E-state index is 14.2. The molecule has 1 heterocycles. The molecule has 9 amide bonds. The first-order valence-corrected chi connectivity index (χ1v) is 27.9. The molecule has 3 aromatic carbocycles. The lowest BCUT2D eigenvalue weighted by Crippen LogP contribution is -2.58. The van der Waals surface area contributed by atoms with Crippen LogP contribution in [0.3, 0.4) is 0 Å². The Morgan fingerprint density at radius 1 is 0.553 bits per heavy atom.